The Balaban J connectivity index is 1.59. The number of rotatable bonds is 5. The van der Waals surface area contributed by atoms with Crippen molar-refractivity contribution in [1.82, 2.24) is 14.9 Å². The molecule has 0 bridgehead atoms. The van der Waals surface area contributed by atoms with Crippen LogP contribution in [0.3, 0.4) is 0 Å². The number of amides is 1. The molecule has 4 rings (SSSR count). The van der Waals surface area contributed by atoms with E-state index in [2.05, 4.69) is 9.97 Å². The lowest BCUT2D eigenvalue weighted by Crippen LogP contribution is -2.41. The van der Waals surface area contributed by atoms with E-state index in [9.17, 15) is 4.79 Å². The minimum absolute atomic E-state index is 0.0489. The van der Waals surface area contributed by atoms with E-state index >= 15 is 0 Å². The van der Waals surface area contributed by atoms with Gasteiger partial charge in [-0.25, -0.2) is 4.98 Å². The lowest BCUT2D eigenvalue weighted by Gasteiger charge is -2.34. The smallest absolute Gasteiger partial charge is 0.273 e. The molecule has 0 spiro atoms. The summed E-state index contributed by atoms with van der Waals surface area (Å²) in [6.45, 7) is 0.623. The van der Waals surface area contributed by atoms with Gasteiger partial charge in [0.05, 0.1) is 4.88 Å². The molecule has 0 N–H and O–H groups in total. The molecule has 1 saturated carbocycles. The zero-order valence-electron chi connectivity index (χ0n) is 14.5. The Hall–Kier alpha value is -2.05. The van der Waals surface area contributed by atoms with E-state index in [0.717, 1.165) is 28.3 Å². The van der Waals surface area contributed by atoms with E-state index in [4.69, 9.17) is 0 Å². The van der Waals surface area contributed by atoms with Gasteiger partial charge in [-0.2, -0.15) is 0 Å². The molecular weight excluding hydrogens is 362 g/mol. The van der Waals surface area contributed by atoms with Crippen LogP contribution >= 0.6 is 22.7 Å². The Bertz CT molecular complexity index is 839. The lowest BCUT2D eigenvalue weighted by atomic mass is 9.93. The lowest BCUT2D eigenvalue weighted by molar-refractivity contribution is 0.0609. The van der Waals surface area contributed by atoms with E-state index in [1.165, 1.54) is 19.3 Å². The molecule has 3 aromatic rings. The van der Waals surface area contributed by atoms with Crippen LogP contribution in [0.1, 0.15) is 48.2 Å². The maximum absolute atomic E-state index is 13.3. The van der Waals surface area contributed by atoms with Gasteiger partial charge in [0.2, 0.25) is 0 Å². The first kappa shape index (κ1) is 17.4. The first-order chi connectivity index (χ1) is 12.8. The minimum atomic E-state index is 0.0489. The third-order valence-electron chi connectivity index (χ3n) is 4.83. The molecule has 1 aliphatic rings. The minimum Gasteiger partial charge on any atom is -0.330 e. The van der Waals surface area contributed by atoms with E-state index < -0.39 is 0 Å². The highest BCUT2D eigenvalue weighted by molar-refractivity contribution is 7.20. The van der Waals surface area contributed by atoms with Crippen LogP contribution in [0.4, 0.5) is 0 Å². The Morgan fingerprint density at radius 2 is 1.92 bits per heavy atom. The van der Waals surface area contributed by atoms with Crippen molar-refractivity contribution in [2.45, 2.75) is 44.7 Å². The zero-order valence-corrected chi connectivity index (χ0v) is 16.1. The van der Waals surface area contributed by atoms with Gasteiger partial charge in [0.1, 0.15) is 10.7 Å². The van der Waals surface area contributed by atoms with Crippen molar-refractivity contribution < 1.29 is 4.79 Å². The number of aromatic nitrogens is 2. The van der Waals surface area contributed by atoms with Gasteiger partial charge in [0.25, 0.3) is 5.91 Å². The predicted molar refractivity (Wildman–Crippen MR) is 106 cm³/mol. The molecule has 0 radical (unpaired) electrons. The Morgan fingerprint density at radius 3 is 2.65 bits per heavy atom. The fourth-order valence-electron chi connectivity index (χ4n) is 3.48. The van der Waals surface area contributed by atoms with Gasteiger partial charge in [-0.1, -0.05) is 25.3 Å². The third-order valence-corrected chi connectivity index (χ3v) is 6.72. The summed E-state index contributed by atoms with van der Waals surface area (Å²) in [5.74, 6) is 0.0489. The second-order valence-electron chi connectivity index (χ2n) is 6.60. The highest BCUT2D eigenvalue weighted by Crippen LogP contribution is 2.30. The summed E-state index contributed by atoms with van der Waals surface area (Å²) in [4.78, 5) is 25.2. The SMILES string of the molecule is O=C(c1csc(-c2cccs2)n1)N(Cc1ccncc1)C1CCCCC1. The first-order valence-electron chi connectivity index (χ1n) is 9.00. The average molecular weight is 384 g/mol. The highest BCUT2D eigenvalue weighted by atomic mass is 32.1. The summed E-state index contributed by atoms with van der Waals surface area (Å²) in [6, 6.07) is 8.34. The number of carbonyl (C=O) groups excluding carboxylic acids is 1. The van der Waals surface area contributed by atoms with Gasteiger partial charge in [-0.3, -0.25) is 9.78 Å². The molecule has 1 amide bonds. The normalized spacial score (nSPS) is 15.1. The van der Waals surface area contributed by atoms with E-state index in [1.807, 2.05) is 39.9 Å². The largest absolute Gasteiger partial charge is 0.330 e. The summed E-state index contributed by atoms with van der Waals surface area (Å²) in [7, 11) is 0. The van der Waals surface area contributed by atoms with Crippen LogP contribution < -0.4 is 0 Å². The fraction of sp³-hybridized carbons (Fsp3) is 0.350. The van der Waals surface area contributed by atoms with Gasteiger partial charge < -0.3 is 4.90 Å². The fourth-order valence-corrected chi connectivity index (χ4v) is 5.08. The van der Waals surface area contributed by atoms with Crippen LogP contribution in [0.25, 0.3) is 9.88 Å². The number of hydrogen-bond acceptors (Lipinski definition) is 5. The third kappa shape index (κ3) is 3.86. The van der Waals surface area contributed by atoms with Crippen LogP contribution in [0.5, 0.6) is 0 Å². The monoisotopic (exact) mass is 383 g/mol. The molecule has 0 saturated heterocycles. The Labute approximate surface area is 161 Å². The molecule has 3 aromatic heterocycles. The maximum atomic E-state index is 13.3. The first-order valence-corrected chi connectivity index (χ1v) is 10.8. The molecule has 1 fully saturated rings. The standard InChI is InChI=1S/C20H21N3OS2/c24-20(17-14-26-19(22-17)18-7-4-12-25-18)23(16-5-2-1-3-6-16)13-15-8-10-21-11-9-15/h4,7-12,14,16H,1-3,5-6,13H2. The molecule has 0 unspecified atom stereocenters. The van der Waals surface area contributed by atoms with Gasteiger partial charge in [-0.05, 0) is 42.0 Å². The molecule has 0 aromatic carbocycles. The number of nitrogens with zero attached hydrogens (tertiary/aromatic N) is 3. The van der Waals surface area contributed by atoms with E-state index in [0.29, 0.717) is 18.3 Å². The second kappa shape index (κ2) is 8.10. The topological polar surface area (TPSA) is 46.1 Å². The van der Waals surface area contributed by atoms with Crippen molar-refractivity contribution in [3.05, 3.63) is 58.7 Å². The van der Waals surface area contributed by atoms with E-state index in [1.54, 1.807) is 35.1 Å². The molecule has 0 atom stereocenters. The van der Waals surface area contributed by atoms with Crippen LogP contribution in [0.15, 0.2) is 47.4 Å². The summed E-state index contributed by atoms with van der Waals surface area (Å²) in [5.41, 5.74) is 1.69. The molecule has 1 aliphatic carbocycles. The van der Waals surface area contributed by atoms with Crippen molar-refractivity contribution in [2.24, 2.45) is 0 Å². The summed E-state index contributed by atoms with van der Waals surface area (Å²) < 4.78 is 0. The van der Waals surface area contributed by atoms with Crippen molar-refractivity contribution in [1.29, 1.82) is 0 Å². The molecule has 6 heteroatoms. The second-order valence-corrected chi connectivity index (χ2v) is 8.40. The summed E-state index contributed by atoms with van der Waals surface area (Å²) in [5, 5.41) is 4.87. The molecule has 4 nitrogen and oxygen atoms in total. The zero-order chi connectivity index (χ0) is 17.8. The molecule has 0 aliphatic heterocycles. The van der Waals surface area contributed by atoms with Crippen molar-refractivity contribution in [3.63, 3.8) is 0 Å². The summed E-state index contributed by atoms with van der Waals surface area (Å²) >= 11 is 3.20. The number of pyridine rings is 1. The van der Waals surface area contributed by atoms with Crippen LogP contribution in [0, 0.1) is 0 Å². The number of hydrogen-bond donors (Lipinski definition) is 0. The van der Waals surface area contributed by atoms with Gasteiger partial charge in [0, 0.05) is 30.4 Å². The number of thiazole rings is 1. The van der Waals surface area contributed by atoms with Gasteiger partial charge in [-0.15, -0.1) is 22.7 Å². The van der Waals surface area contributed by atoms with Crippen molar-refractivity contribution in [3.8, 4) is 9.88 Å². The Morgan fingerprint density at radius 1 is 1.12 bits per heavy atom. The van der Waals surface area contributed by atoms with Crippen molar-refractivity contribution in [2.75, 3.05) is 0 Å². The highest BCUT2D eigenvalue weighted by Gasteiger charge is 2.28. The number of carbonyl (C=O) groups is 1. The van der Waals surface area contributed by atoms with Gasteiger partial charge in [0.15, 0.2) is 0 Å². The molecular formula is C20H21N3OS2. The molecule has 134 valence electrons. The molecule has 3 heterocycles. The average Bonchev–Trinajstić information content (AvgIpc) is 3.38. The van der Waals surface area contributed by atoms with Crippen molar-refractivity contribution >= 4 is 28.6 Å². The summed E-state index contributed by atoms with van der Waals surface area (Å²) in [6.07, 6.45) is 9.41. The number of thiophene rings is 1. The van der Waals surface area contributed by atoms with Crippen LogP contribution in [0.2, 0.25) is 0 Å². The predicted octanol–water partition coefficient (Wildman–Crippen LogP) is 5.24. The van der Waals surface area contributed by atoms with Gasteiger partial charge >= 0.3 is 0 Å². The Kier molecular flexibility index (Phi) is 5.41. The van der Waals surface area contributed by atoms with Crippen LogP contribution in [-0.4, -0.2) is 26.8 Å². The quantitative estimate of drug-likeness (QED) is 0.605. The van der Waals surface area contributed by atoms with Crippen LogP contribution in [-0.2, 0) is 6.54 Å². The van der Waals surface area contributed by atoms with E-state index in [-0.39, 0.29) is 5.91 Å². The molecule has 26 heavy (non-hydrogen) atoms. The maximum Gasteiger partial charge on any atom is 0.273 e.